The second kappa shape index (κ2) is 7.40. The molecule has 20 heavy (non-hydrogen) atoms. The summed E-state index contributed by atoms with van der Waals surface area (Å²) in [6, 6.07) is 9.91. The molecule has 4 heteroatoms. The van der Waals surface area contributed by atoms with Crippen LogP contribution in [0.5, 0.6) is 5.75 Å². The Morgan fingerprint density at radius 3 is 2.90 bits per heavy atom. The molecule has 2 aromatic rings. The van der Waals surface area contributed by atoms with Gasteiger partial charge in [0.1, 0.15) is 18.2 Å². The summed E-state index contributed by atoms with van der Waals surface area (Å²) < 4.78 is 5.62. The summed E-state index contributed by atoms with van der Waals surface area (Å²) in [7, 11) is 0. The zero-order valence-electron chi connectivity index (χ0n) is 11.7. The fourth-order valence-corrected chi connectivity index (χ4v) is 1.87. The fourth-order valence-electron chi connectivity index (χ4n) is 1.87. The highest BCUT2D eigenvalue weighted by Crippen LogP contribution is 2.17. The Morgan fingerprint density at radius 1 is 1.25 bits per heavy atom. The Hall–Kier alpha value is -2.20. The molecule has 0 spiro atoms. The van der Waals surface area contributed by atoms with Crippen LogP contribution in [0.4, 0.5) is 0 Å². The van der Waals surface area contributed by atoms with Crippen LogP contribution in [0.2, 0.25) is 0 Å². The molecule has 4 nitrogen and oxygen atoms in total. The molecule has 0 atom stereocenters. The van der Waals surface area contributed by atoms with Crippen LogP contribution in [0.1, 0.15) is 17.1 Å². The highest BCUT2D eigenvalue weighted by atomic mass is 16.5. The molecule has 0 bridgehead atoms. The van der Waals surface area contributed by atoms with E-state index in [2.05, 4.69) is 27.9 Å². The Labute approximate surface area is 119 Å². The molecule has 0 amide bonds. The lowest BCUT2D eigenvalue weighted by atomic mass is 10.2. The first-order chi connectivity index (χ1) is 9.79. The van der Waals surface area contributed by atoms with Gasteiger partial charge in [0.2, 0.25) is 0 Å². The van der Waals surface area contributed by atoms with Crippen molar-refractivity contribution >= 4 is 0 Å². The second-order valence-electron chi connectivity index (χ2n) is 4.41. The van der Waals surface area contributed by atoms with E-state index in [1.54, 1.807) is 12.3 Å². The van der Waals surface area contributed by atoms with Gasteiger partial charge in [-0.3, -0.25) is 0 Å². The minimum absolute atomic E-state index is 0.516. The number of para-hydroxylation sites is 1. The molecular weight excluding hydrogens is 250 g/mol. The lowest BCUT2D eigenvalue weighted by Crippen LogP contribution is -2.15. The van der Waals surface area contributed by atoms with Crippen LogP contribution >= 0.6 is 0 Å². The molecule has 0 fully saturated rings. The van der Waals surface area contributed by atoms with Gasteiger partial charge >= 0.3 is 0 Å². The third-order valence-electron chi connectivity index (χ3n) is 2.78. The number of hydrogen-bond acceptors (Lipinski definition) is 4. The van der Waals surface area contributed by atoms with Gasteiger partial charge in [0.25, 0.3) is 0 Å². The molecule has 0 unspecified atom stereocenters. The number of aromatic nitrogens is 2. The first-order valence-corrected chi connectivity index (χ1v) is 6.60. The maximum Gasteiger partial charge on any atom is 0.125 e. The number of ether oxygens (including phenoxy) is 1. The van der Waals surface area contributed by atoms with Crippen molar-refractivity contribution in [3.63, 3.8) is 0 Å². The molecule has 104 valence electrons. The maximum absolute atomic E-state index is 5.62. The van der Waals surface area contributed by atoms with E-state index in [1.165, 1.54) is 0 Å². The molecule has 1 aromatic heterocycles. The summed E-state index contributed by atoms with van der Waals surface area (Å²) in [5.74, 6) is 1.68. The first kappa shape index (κ1) is 14.2. The van der Waals surface area contributed by atoms with Gasteiger partial charge in [0.15, 0.2) is 0 Å². The fraction of sp³-hybridized carbons (Fsp3) is 0.250. The molecule has 0 aliphatic heterocycles. The van der Waals surface area contributed by atoms with E-state index < -0.39 is 0 Å². The first-order valence-electron chi connectivity index (χ1n) is 6.60. The standard InChI is InChI=1S/C16H19N3O/c1-3-10-20-16-7-5-4-6-14(16)11-17-12-15-8-9-18-13(2)19-15/h3-9,17H,1,10-12H2,2H3. The van der Waals surface area contributed by atoms with Crippen LogP contribution in [-0.2, 0) is 13.1 Å². The third-order valence-corrected chi connectivity index (χ3v) is 2.78. The van der Waals surface area contributed by atoms with Gasteiger partial charge in [-0.15, -0.1) is 0 Å². The van der Waals surface area contributed by atoms with Crippen LogP contribution in [0.25, 0.3) is 0 Å². The molecule has 1 heterocycles. The van der Waals surface area contributed by atoms with E-state index in [9.17, 15) is 0 Å². The van der Waals surface area contributed by atoms with E-state index in [4.69, 9.17) is 4.74 Å². The molecule has 2 rings (SSSR count). The van der Waals surface area contributed by atoms with Gasteiger partial charge in [-0.1, -0.05) is 30.9 Å². The molecule has 0 saturated heterocycles. The van der Waals surface area contributed by atoms with Crippen molar-refractivity contribution in [1.82, 2.24) is 15.3 Å². The summed E-state index contributed by atoms with van der Waals surface area (Å²) >= 11 is 0. The molecule has 0 radical (unpaired) electrons. The highest BCUT2D eigenvalue weighted by Gasteiger charge is 2.02. The normalized spacial score (nSPS) is 10.2. The van der Waals surface area contributed by atoms with Crippen molar-refractivity contribution in [3.8, 4) is 5.75 Å². The number of nitrogens with zero attached hydrogens (tertiary/aromatic N) is 2. The van der Waals surface area contributed by atoms with Crippen LogP contribution in [-0.4, -0.2) is 16.6 Å². The predicted octanol–water partition coefficient (Wildman–Crippen LogP) is 2.64. The van der Waals surface area contributed by atoms with Crippen molar-refractivity contribution in [2.24, 2.45) is 0 Å². The molecule has 0 aliphatic rings. The number of nitrogens with one attached hydrogen (secondary N) is 1. The van der Waals surface area contributed by atoms with Gasteiger partial charge in [-0.2, -0.15) is 0 Å². The maximum atomic E-state index is 5.62. The Kier molecular flexibility index (Phi) is 5.26. The van der Waals surface area contributed by atoms with Gasteiger partial charge in [-0.05, 0) is 19.1 Å². The largest absolute Gasteiger partial charge is 0.489 e. The van der Waals surface area contributed by atoms with Crippen molar-refractivity contribution in [1.29, 1.82) is 0 Å². The minimum atomic E-state index is 0.516. The highest BCUT2D eigenvalue weighted by molar-refractivity contribution is 5.33. The average Bonchev–Trinajstić information content (AvgIpc) is 2.46. The predicted molar refractivity (Wildman–Crippen MR) is 79.4 cm³/mol. The van der Waals surface area contributed by atoms with Crippen LogP contribution < -0.4 is 10.1 Å². The summed E-state index contributed by atoms with van der Waals surface area (Å²) in [5.41, 5.74) is 2.11. The Morgan fingerprint density at radius 2 is 2.10 bits per heavy atom. The summed E-state index contributed by atoms with van der Waals surface area (Å²) in [4.78, 5) is 8.44. The van der Waals surface area contributed by atoms with E-state index >= 15 is 0 Å². The van der Waals surface area contributed by atoms with Crippen LogP contribution in [0.3, 0.4) is 0 Å². The van der Waals surface area contributed by atoms with E-state index in [1.807, 2.05) is 31.2 Å². The quantitative estimate of drug-likeness (QED) is 0.785. The summed E-state index contributed by atoms with van der Waals surface area (Å²) in [6.45, 7) is 7.51. The molecule has 1 aromatic carbocycles. The summed E-state index contributed by atoms with van der Waals surface area (Å²) in [5, 5.41) is 3.37. The van der Waals surface area contributed by atoms with Crippen molar-refractivity contribution in [3.05, 3.63) is 66.3 Å². The van der Waals surface area contributed by atoms with Crippen LogP contribution in [0, 0.1) is 6.92 Å². The monoisotopic (exact) mass is 269 g/mol. The van der Waals surface area contributed by atoms with Crippen LogP contribution in [0.15, 0.2) is 49.2 Å². The number of benzene rings is 1. The lowest BCUT2D eigenvalue weighted by molar-refractivity contribution is 0.358. The van der Waals surface area contributed by atoms with E-state index in [0.29, 0.717) is 13.2 Å². The number of aryl methyl sites for hydroxylation is 1. The SMILES string of the molecule is C=CCOc1ccccc1CNCc1ccnc(C)n1. The zero-order chi connectivity index (χ0) is 14.2. The minimum Gasteiger partial charge on any atom is -0.489 e. The molecule has 0 aliphatic carbocycles. The molecule has 0 saturated carbocycles. The van der Waals surface area contributed by atoms with Gasteiger partial charge in [0, 0.05) is 24.8 Å². The molecular formula is C16H19N3O. The average molecular weight is 269 g/mol. The number of hydrogen-bond donors (Lipinski definition) is 1. The topological polar surface area (TPSA) is 47.0 Å². The van der Waals surface area contributed by atoms with Gasteiger partial charge in [0.05, 0.1) is 5.69 Å². The Balaban J connectivity index is 1.92. The Bertz CT molecular complexity index is 569. The third kappa shape index (κ3) is 4.17. The molecule has 1 N–H and O–H groups in total. The zero-order valence-corrected chi connectivity index (χ0v) is 11.7. The second-order valence-corrected chi connectivity index (χ2v) is 4.41. The lowest BCUT2D eigenvalue weighted by Gasteiger charge is -2.11. The van der Waals surface area contributed by atoms with Crippen molar-refractivity contribution in [2.75, 3.05) is 6.61 Å². The van der Waals surface area contributed by atoms with Gasteiger partial charge < -0.3 is 10.1 Å². The van der Waals surface area contributed by atoms with E-state index in [0.717, 1.165) is 29.4 Å². The van der Waals surface area contributed by atoms with Crippen molar-refractivity contribution < 1.29 is 4.74 Å². The number of rotatable bonds is 7. The van der Waals surface area contributed by atoms with E-state index in [-0.39, 0.29) is 0 Å². The van der Waals surface area contributed by atoms with Crippen molar-refractivity contribution in [2.45, 2.75) is 20.0 Å². The smallest absolute Gasteiger partial charge is 0.125 e. The summed E-state index contributed by atoms with van der Waals surface area (Å²) in [6.07, 6.45) is 3.52. The van der Waals surface area contributed by atoms with Gasteiger partial charge in [-0.25, -0.2) is 9.97 Å².